The maximum Gasteiger partial charge on any atom is 0.263 e. The second-order valence-electron chi connectivity index (χ2n) is 5.35. The molecule has 1 amide bonds. The molecule has 0 aliphatic heterocycles. The number of thiazole rings is 1. The standard InChI is InChI=1S/C16H18ClN5OS/c1-4-18-16-20-9(2)14(24-16)15(23)19-8-11-13-10(17)6-5-7-12(13)22(3)21-11/h5-7H,4,8H2,1-3H3,(H,18,20)(H,19,23). The Morgan fingerprint density at radius 3 is 2.96 bits per heavy atom. The molecule has 0 saturated heterocycles. The van der Waals surface area contributed by atoms with Crippen LogP contribution in [-0.4, -0.2) is 27.2 Å². The van der Waals surface area contributed by atoms with Gasteiger partial charge < -0.3 is 10.6 Å². The van der Waals surface area contributed by atoms with Gasteiger partial charge in [-0.05, 0) is 26.0 Å². The Bertz CT molecular complexity index is 901. The molecule has 0 radical (unpaired) electrons. The molecule has 3 aromatic rings. The van der Waals surface area contributed by atoms with Crippen LogP contribution in [0.25, 0.3) is 10.9 Å². The molecular formula is C16H18ClN5OS. The van der Waals surface area contributed by atoms with Crippen LogP contribution in [0.4, 0.5) is 5.13 Å². The summed E-state index contributed by atoms with van der Waals surface area (Å²) in [5.74, 6) is -0.153. The topological polar surface area (TPSA) is 71.8 Å². The number of aryl methyl sites for hydroxylation is 2. The minimum absolute atomic E-state index is 0.153. The highest BCUT2D eigenvalue weighted by molar-refractivity contribution is 7.17. The average Bonchev–Trinajstić information content (AvgIpc) is 3.07. The minimum atomic E-state index is -0.153. The Morgan fingerprint density at radius 1 is 1.42 bits per heavy atom. The SMILES string of the molecule is CCNc1nc(C)c(C(=O)NCc2nn(C)c3cccc(Cl)c23)s1. The van der Waals surface area contributed by atoms with Crippen molar-refractivity contribution in [3.05, 3.63) is 39.5 Å². The Morgan fingerprint density at radius 2 is 2.21 bits per heavy atom. The van der Waals surface area contributed by atoms with Crippen molar-refractivity contribution in [3.8, 4) is 0 Å². The summed E-state index contributed by atoms with van der Waals surface area (Å²) in [5, 5.41) is 12.8. The summed E-state index contributed by atoms with van der Waals surface area (Å²) in [4.78, 5) is 17.4. The van der Waals surface area contributed by atoms with Crippen LogP contribution in [0.2, 0.25) is 5.02 Å². The number of halogens is 1. The maximum atomic E-state index is 12.4. The number of rotatable bonds is 5. The first-order valence-corrected chi connectivity index (χ1v) is 8.80. The molecule has 0 saturated carbocycles. The van der Waals surface area contributed by atoms with E-state index in [1.54, 1.807) is 4.68 Å². The van der Waals surface area contributed by atoms with Crippen LogP contribution >= 0.6 is 22.9 Å². The fraction of sp³-hybridized carbons (Fsp3) is 0.312. The monoisotopic (exact) mass is 363 g/mol. The highest BCUT2D eigenvalue weighted by atomic mass is 35.5. The first kappa shape index (κ1) is 16.7. The highest BCUT2D eigenvalue weighted by Crippen LogP contribution is 2.27. The number of amides is 1. The van der Waals surface area contributed by atoms with Gasteiger partial charge in [0.05, 0.1) is 28.5 Å². The summed E-state index contributed by atoms with van der Waals surface area (Å²) >= 11 is 7.64. The molecule has 2 aromatic heterocycles. The number of benzene rings is 1. The second-order valence-corrected chi connectivity index (χ2v) is 6.76. The molecule has 3 rings (SSSR count). The van der Waals surface area contributed by atoms with E-state index in [-0.39, 0.29) is 5.91 Å². The molecular weight excluding hydrogens is 346 g/mol. The molecule has 2 heterocycles. The number of anilines is 1. The van der Waals surface area contributed by atoms with Crippen molar-refractivity contribution in [2.75, 3.05) is 11.9 Å². The van der Waals surface area contributed by atoms with Gasteiger partial charge >= 0.3 is 0 Å². The zero-order valence-electron chi connectivity index (χ0n) is 13.7. The third-order valence-electron chi connectivity index (χ3n) is 3.65. The van der Waals surface area contributed by atoms with Crippen LogP contribution < -0.4 is 10.6 Å². The zero-order chi connectivity index (χ0) is 17.3. The van der Waals surface area contributed by atoms with E-state index in [2.05, 4.69) is 20.7 Å². The number of fused-ring (bicyclic) bond motifs is 1. The maximum absolute atomic E-state index is 12.4. The van der Waals surface area contributed by atoms with E-state index in [0.29, 0.717) is 16.4 Å². The number of nitrogens with one attached hydrogen (secondary N) is 2. The van der Waals surface area contributed by atoms with Crippen LogP contribution in [0.15, 0.2) is 18.2 Å². The number of carbonyl (C=O) groups excluding carboxylic acids is 1. The van der Waals surface area contributed by atoms with Gasteiger partial charge in [-0.15, -0.1) is 0 Å². The lowest BCUT2D eigenvalue weighted by Crippen LogP contribution is -2.23. The Labute approximate surface area is 148 Å². The van der Waals surface area contributed by atoms with Gasteiger partial charge in [0.25, 0.3) is 5.91 Å². The molecule has 8 heteroatoms. The van der Waals surface area contributed by atoms with Gasteiger partial charge in [0.2, 0.25) is 0 Å². The van der Waals surface area contributed by atoms with E-state index in [4.69, 9.17) is 11.6 Å². The van der Waals surface area contributed by atoms with Gasteiger partial charge in [-0.3, -0.25) is 9.48 Å². The van der Waals surface area contributed by atoms with Crippen LogP contribution in [0, 0.1) is 6.92 Å². The number of carbonyl (C=O) groups is 1. The van der Waals surface area contributed by atoms with Crippen LogP contribution in [0.3, 0.4) is 0 Å². The zero-order valence-corrected chi connectivity index (χ0v) is 15.3. The predicted octanol–water partition coefficient (Wildman–Crippen LogP) is 3.35. The van der Waals surface area contributed by atoms with Gasteiger partial charge in [0.1, 0.15) is 4.88 Å². The molecule has 0 unspecified atom stereocenters. The lowest BCUT2D eigenvalue weighted by atomic mass is 10.2. The summed E-state index contributed by atoms with van der Waals surface area (Å²) in [6.45, 7) is 4.91. The van der Waals surface area contributed by atoms with E-state index < -0.39 is 0 Å². The summed E-state index contributed by atoms with van der Waals surface area (Å²) in [7, 11) is 1.86. The van der Waals surface area contributed by atoms with Gasteiger partial charge in [0.15, 0.2) is 5.13 Å². The average molecular weight is 364 g/mol. The minimum Gasteiger partial charge on any atom is -0.362 e. The molecule has 1 aromatic carbocycles. The molecule has 2 N–H and O–H groups in total. The van der Waals surface area contributed by atoms with Crippen LogP contribution in [0.1, 0.15) is 28.0 Å². The molecule has 0 bridgehead atoms. The van der Waals surface area contributed by atoms with E-state index in [0.717, 1.165) is 34.0 Å². The van der Waals surface area contributed by atoms with E-state index >= 15 is 0 Å². The molecule has 6 nitrogen and oxygen atoms in total. The van der Waals surface area contributed by atoms with Crippen molar-refractivity contribution in [2.24, 2.45) is 7.05 Å². The fourth-order valence-corrected chi connectivity index (χ4v) is 3.78. The van der Waals surface area contributed by atoms with Gasteiger partial charge in [0, 0.05) is 19.0 Å². The lowest BCUT2D eigenvalue weighted by Gasteiger charge is -2.03. The molecule has 0 fully saturated rings. The molecule has 0 spiro atoms. The smallest absolute Gasteiger partial charge is 0.263 e. The molecule has 0 aliphatic rings. The van der Waals surface area contributed by atoms with Crippen LogP contribution in [-0.2, 0) is 13.6 Å². The van der Waals surface area contributed by atoms with E-state index in [1.807, 2.05) is 39.1 Å². The summed E-state index contributed by atoms with van der Waals surface area (Å²) < 4.78 is 1.77. The fourth-order valence-electron chi connectivity index (χ4n) is 2.55. The Balaban J connectivity index is 1.80. The molecule has 0 atom stereocenters. The quantitative estimate of drug-likeness (QED) is 0.729. The molecule has 0 aliphatic carbocycles. The Kier molecular flexibility index (Phi) is 4.73. The predicted molar refractivity (Wildman–Crippen MR) is 97.9 cm³/mol. The van der Waals surface area contributed by atoms with E-state index in [9.17, 15) is 4.79 Å². The third-order valence-corrected chi connectivity index (χ3v) is 5.08. The van der Waals surface area contributed by atoms with Gasteiger partial charge in [-0.2, -0.15) is 5.10 Å². The normalized spacial score (nSPS) is 11.0. The lowest BCUT2D eigenvalue weighted by molar-refractivity contribution is 0.0954. The van der Waals surface area contributed by atoms with Crippen molar-refractivity contribution in [1.82, 2.24) is 20.1 Å². The first-order chi connectivity index (χ1) is 11.5. The van der Waals surface area contributed by atoms with Crippen molar-refractivity contribution in [2.45, 2.75) is 20.4 Å². The van der Waals surface area contributed by atoms with Gasteiger partial charge in [-0.1, -0.05) is 29.0 Å². The van der Waals surface area contributed by atoms with Crippen molar-refractivity contribution in [3.63, 3.8) is 0 Å². The van der Waals surface area contributed by atoms with E-state index in [1.165, 1.54) is 11.3 Å². The van der Waals surface area contributed by atoms with Crippen molar-refractivity contribution < 1.29 is 4.79 Å². The van der Waals surface area contributed by atoms with Crippen LogP contribution in [0.5, 0.6) is 0 Å². The second kappa shape index (κ2) is 6.78. The summed E-state index contributed by atoms with van der Waals surface area (Å²) in [6.07, 6.45) is 0. The number of aromatic nitrogens is 3. The number of hydrogen-bond donors (Lipinski definition) is 2. The molecule has 24 heavy (non-hydrogen) atoms. The largest absolute Gasteiger partial charge is 0.362 e. The first-order valence-electron chi connectivity index (χ1n) is 7.60. The van der Waals surface area contributed by atoms with Gasteiger partial charge in [-0.25, -0.2) is 4.98 Å². The van der Waals surface area contributed by atoms with Crippen molar-refractivity contribution in [1.29, 1.82) is 0 Å². The summed E-state index contributed by atoms with van der Waals surface area (Å²) in [6, 6.07) is 5.67. The third kappa shape index (κ3) is 3.09. The summed E-state index contributed by atoms with van der Waals surface area (Å²) in [5.41, 5.74) is 2.41. The van der Waals surface area contributed by atoms with Crippen molar-refractivity contribution >= 4 is 44.9 Å². The highest BCUT2D eigenvalue weighted by Gasteiger charge is 2.17. The Hall–Kier alpha value is -2.12. The number of nitrogens with zero attached hydrogens (tertiary/aromatic N) is 3. The number of hydrogen-bond acceptors (Lipinski definition) is 5. The molecule has 126 valence electrons.